The third kappa shape index (κ3) is 7.93. The van der Waals surface area contributed by atoms with Crippen molar-refractivity contribution in [2.75, 3.05) is 17.4 Å². The summed E-state index contributed by atoms with van der Waals surface area (Å²) < 4.78 is 29.2. The van der Waals surface area contributed by atoms with E-state index in [1.54, 1.807) is 49.4 Å². The number of aryl methyl sites for hydroxylation is 1. The summed E-state index contributed by atoms with van der Waals surface area (Å²) in [5, 5.41) is 3.33. The van der Waals surface area contributed by atoms with E-state index in [9.17, 15) is 18.0 Å². The molecule has 0 spiro atoms. The summed E-state index contributed by atoms with van der Waals surface area (Å²) in [4.78, 5) is 29.3. The Bertz CT molecular complexity index is 1720. The molecule has 230 valence electrons. The molecule has 1 unspecified atom stereocenters. The summed E-state index contributed by atoms with van der Waals surface area (Å²) in [6, 6.07) is 26.1. The Morgan fingerprint density at radius 3 is 2.11 bits per heavy atom. The molecule has 1 atom stereocenters. The number of nitrogens with one attached hydrogen (secondary N) is 1. The standard InChI is InChI=1S/C33H32Cl3N3O4S/c1-3-37-33(41)30(20-24-10-5-4-6-11-24)38(21-25-12-7-8-13-27(25)34)31(40)22-39(29-15-9-14-28(35)32(29)36)44(42,43)26-18-16-23(2)17-19-26/h4-19,30H,3,20-22H2,1-2H3,(H,37,41). The van der Waals surface area contributed by atoms with Crippen molar-refractivity contribution >= 4 is 62.3 Å². The molecule has 0 radical (unpaired) electrons. The van der Waals surface area contributed by atoms with Gasteiger partial charge in [-0.2, -0.15) is 0 Å². The number of carbonyl (C=O) groups excluding carboxylic acids is 2. The van der Waals surface area contributed by atoms with Crippen LogP contribution in [0.15, 0.2) is 102 Å². The van der Waals surface area contributed by atoms with E-state index in [0.717, 1.165) is 15.4 Å². The highest BCUT2D eigenvalue weighted by Gasteiger charge is 2.35. The largest absolute Gasteiger partial charge is 0.355 e. The maximum absolute atomic E-state index is 14.4. The number of amides is 2. The summed E-state index contributed by atoms with van der Waals surface area (Å²) in [6.45, 7) is 3.26. The van der Waals surface area contributed by atoms with E-state index in [1.165, 1.54) is 29.2 Å². The Kier molecular flexibility index (Phi) is 11.3. The van der Waals surface area contributed by atoms with Gasteiger partial charge in [-0.3, -0.25) is 13.9 Å². The van der Waals surface area contributed by atoms with Crippen LogP contribution < -0.4 is 9.62 Å². The number of nitrogens with zero attached hydrogens (tertiary/aromatic N) is 2. The van der Waals surface area contributed by atoms with E-state index in [4.69, 9.17) is 34.8 Å². The van der Waals surface area contributed by atoms with Crippen molar-refractivity contribution in [2.24, 2.45) is 0 Å². The minimum atomic E-state index is -4.32. The Hall–Kier alpha value is -3.56. The van der Waals surface area contributed by atoms with Crippen LogP contribution in [-0.2, 0) is 32.6 Å². The van der Waals surface area contributed by atoms with E-state index < -0.39 is 28.5 Å². The van der Waals surface area contributed by atoms with Gasteiger partial charge in [0.05, 0.1) is 20.6 Å². The second kappa shape index (κ2) is 14.9. The molecule has 7 nitrogen and oxygen atoms in total. The minimum absolute atomic E-state index is 0.0279. The molecular formula is C33H32Cl3N3O4S. The summed E-state index contributed by atoms with van der Waals surface area (Å²) in [7, 11) is -4.32. The lowest BCUT2D eigenvalue weighted by atomic mass is 10.0. The molecule has 0 bridgehead atoms. The molecule has 4 aromatic carbocycles. The minimum Gasteiger partial charge on any atom is -0.355 e. The number of likely N-dealkylation sites (N-methyl/N-ethyl adjacent to an activating group) is 1. The predicted octanol–water partition coefficient (Wildman–Crippen LogP) is 6.93. The molecule has 1 N–H and O–H groups in total. The fourth-order valence-corrected chi connectivity index (χ4v) is 6.76. The zero-order valence-electron chi connectivity index (χ0n) is 24.2. The first kappa shape index (κ1) is 33.3. The van der Waals surface area contributed by atoms with Crippen LogP contribution in [0.3, 0.4) is 0 Å². The third-order valence-electron chi connectivity index (χ3n) is 7.01. The molecule has 0 aromatic heterocycles. The number of halogens is 3. The van der Waals surface area contributed by atoms with Gasteiger partial charge in [-0.1, -0.05) is 107 Å². The Morgan fingerprint density at radius 2 is 1.45 bits per heavy atom. The second-order valence-electron chi connectivity index (χ2n) is 10.1. The quantitative estimate of drug-likeness (QED) is 0.177. The fraction of sp³-hybridized carbons (Fsp3) is 0.212. The van der Waals surface area contributed by atoms with Gasteiger partial charge in [-0.25, -0.2) is 8.42 Å². The molecule has 11 heteroatoms. The van der Waals surface area contributed by atoms with Crippen molar-refractivity contribution in [1.82, 2.24) is 10.2 Å². The van der Waals surface area contributed by atoms with Gasteiger partial charge in [0.1, 0.15) is 12.6 Å². The second-order valence-corrected chi connectivity index (χ2v) is 13.2. The van der Waals surface area contributed by atoms with Crippen LogP contribution in [0.4, 0.5) is 5.69 Å². The highest BCUT2D eigenvalue weighted by molar-refractivity contribution is 7.92. The molecule has 2 amide bonds. The average molecular weight is 673 g/mol. The highest BCUT2D eigenvalue weighted by atomic mass is 35.5. The summed E-state index contributed by atoms with van der Waals surface area (Å²) in [5.41, 5.74) is 2.31. The molecule has 0 aliphatic heterocycles. The van der Waals surface area contributed by atoms with Crippen molar-refractivity contribution in [3.8, 4) is 0 Å². The monoisotopic (exact) mass is 671 g/mol. The van der Waals surface area contributed by atoms with Gasteiger partial charge in [0, 0.05) is 24.5 Å². The molecule has 0 aliphatic rings. The van der Waals surface area contributed by atoms with Gasteiger partial charge >= 0.3 is 0 Å². The van der Waals surface area contributed by atoms with Crippen molar-refractivity contribution in [1.29, 1.82) is 0 Å². The fourth-order valence-electron chi connectivity index (χ4n) is 4.69. The molecule has 4 aromatic rings. The van der Waals surface area contributed by atoms with Gasteiger partial charge in [0.25, 0.3) is 10.0 Å². The molecule has 0 fully saturated rings. The summed E-state index contributed by atoms with van der Waals surface area (Å²) in [5.74, 6) is -1.02. The first-order chi connectivity index (χ1) is 21.0. The van der Waals surface area contributed by atoms with E-state index in [1.807, 2.05) is 37.3 Å². The van der Waals surface area contributed by atoms with Crippen molar-refractivity contribution in [3.05, 3.63) is 129 Å². The van der Waals surface area contributed by atoms with Crippen molar-refractivity contribution in [3.63, 3.8) is 0 Å². The lowest BCUT2D eigenvalue weighted by Gasteiger charge is -2.34. The topological polar surface area (TPSA) is 86.8 Å². The maximum Gasteiger partial charge on any atom is 0.264 e. The van der Waals surface area contributed by atoms with Gasteiger partial charge in [-0.05, 0) is 55.3 Å². The Morgan fingerprint density at radius 1 is 0.818 bits per heavy atom. The zero-order chi connectivity index (χ0) is 31.9. The van der Waals surface area contributed by atoms with E-state index in [-0.39, 0.29) is 39.5 Å². The molecule has 0 heterocycles. The number of rotatable bonds is 12. The summed E-state index contributed by atoms with van der Waals surface area (Å²) >= 11 is 19.3. The number of carbonyl (C=O) groups is 2. The van der Waals surface area contributed by atoms with Crippen LogP contribution in [0.1, 0.15) is 23.6 Å². The van der Waals surface area contributed by atoms with E-state index >= 15 is 0 Å². The lowest BCUT2D eigenvalue weighted by molar-refractivity contribution is -0.140. The predicted molar refractivity (Wildman–Crippen MR) is 177 cm³/mol. The van der Waals surface area contributed by atoms with Crippen LogP contribution in [0.5, 0.6) is 0 Å². The van der Waals surface area contributed by atoms with E-state index in [2.05, 4.69) is 5.32 Å². The van der Waals surface area contributed by atoms with E-state index in [0.29, 0.717) is 17.1 Å². The molecule has 44 heavy (non-hydrogen) atoms. The van der Waals surface area contributed by atoms with Crippen molar-refractivity contribution < 1.29 is 18.0 Å². The van der Waals surface area contributed by atoms with Crippen LogP contribution >= 0.6 is 34.8 Å². The number of benzene rings is 4. The molecule has 0 saturated heterocycles. The first-order valence-corrected chi connectivity index (χ1v) is 16.5. The summed E-state index contributed by atoms with van der Waals surface area (Å²) in [6.07, 6.45) is 0.186. The highest BCUT2D eigenvalue weighted by Crippen LogP contribution is 2.36. The molecule has 4 rings (SSSR count). The zero-order valence-corrected chi connectivity index (χ0v) is 27.3. The first-order valence-electron chi connectivity index (χ1n) is 13.9. The SMILES string of the molecule is CCNC(=O)C(Cc1ccccc1)N(Cc1ccccc1Cl)C(=O)CN(c1cccc(Cl)c1Cl)S(=O)(=O)c1ccc(C)cc1. The number of hydrogen-bond acceptors (Lipinski definition) is 4. The molecule has 0 saturated carbocycles. The Balaban J connectivity index is 1.84. The van der Waals surface area contributed by atoms with Crippen LogP contribution in [0.25, 0.3) is 0 Å². The number of anilines is 1. The normalized spacial score (nSPS) is 11.9. The van der Waals surface area contributed by atoms with Gasteiger partial charge in [0.2, 0.25) is 11.8 Å². The van der Waals surface area contributed by atoms with Crippen LogP contribution in [-0.4, -0.2) is 44.3 Å². The van der Waals surface area contributed by atoms with Crippen LogP contribution in [0, 0.1) is 6.92 Å². The Labute approximate surface area is 273 Å². The van der Waals surface area contributed by atoms with Gasteiger partial charge < -0.3 is 10.2 Å². The molecule has 0 aliphatic carbocycles. The average Bonchev–Trinajstić information content (AvgIpc) is 3.01. The van der Waals surface area contributed by atoms with Crippen molar-refractivity contribution in [2.45, 2.75) is 37.8 Å². The van der Waals surface area contributed by atoms with Gasteiger partial charge in [-0.15, -0.1) is 0 Å². The number of hydrogen-bond donors (Lipinski definition) is 1. The third-order valence-corrected chi connectivity index (χ3v) is 9.96. The lowest BCUT2D eigenvalue weighted by Crippen LogP contribution is -2.53. The number of sulfonamides is 1. The van der Waals surface area contributed by atoms with Crippen LogP contribution in [0.2, 0.25) is 15.1 Å². The van der Waals surface area contributed by atoms with Gasteiger partial charge in [0.15, 0.2) is 0 Å². The smallest absolute Gasteiger partial charge is 0.264 e. The molecular weight excluding hydrogens is 641 g/mol. The maximum atomic E-state index is 14.4.